The smallest absolute Gasteiger partial charge is 0.162 e. The van der Waals surface area contributed by atoms with Gasteiger partial charge in [0.05, 0.1) is 0 Å². The Balaban J connectivity index is 1.85. The van der Waals surface area contributed by atoms with Gasteiger partial charge in [-0.3, -0.25) is 4.79 Å². The molecule has 0 fully saturated rings. The van der Waals surface area contributed by atoms with Crippen LogP contribution in [0.1, 0.15) is 133 Å². The number of carbonyl (C=O) groups excluding carboxylic acids is 1. The van der Waals surface area contributed by atoms with Gasteiger partial charge in [0.25, 0.3) is 0 Å². The maximum atomic E-state index is 12.2. The summed E-state index contributed by atoms with van der Waals surface area (Å²) in [6.45, 7) is 4.43. The SMILES string of the molecule is CCCCCCCCCCCCCCCCCC(=O)c1ccc(CC)cc1. The highest BCUT2D eigenvalue weighted by Crippen LogP contribution is 2.15. The Hall–Kier alpha value is -1.11. The Bertz CT molecular complexity index is 460. The van der Waals surface area contributed by atoms with E-state index >= 15 is 0 Å². The van der Waals surface area contributed by atoms with Crippen LogP contribution in [0.4, 0.5) is 0 Å². The molecule has 0 aliphatic rings. The van der Waals surface area contributed by atoms with Crippen molar-refractivity contribution in [3.8, 4) is 0 Å². The van der Waals surface area contributed by atoms with Crippen molar-refractivity contribution >= 4 is 5.78 Å². The molecular weight excluding hydrogens is 328 g/mol. The summed E-state index contributed by atoms with van der Waals surface area (Å²) >= 11 is 0. The second kappa shape index (κ2) is 17.0. The molecule has 1 heteroatoms. The Morgan fingerprint density at radius 3 is 1.41 bits per heavy atom. The minimum Gasteiger partial charge on any atom is -0.294 e. The predicted octanol–water partition coefficient (Wildman–Crippen LogP) is 8.69. The lowest BCUT2D eigenvalue weighted by molar-refractivity contribution is 0.0979. The van der Waals surface area contributed by atoms with Crippen LogP contribution in [0.25, 0.3) is 0 Å². The van der Waals surface area contributed by atoms with Crippen LogP contribution in [0.15, 0.2) is 24.3 Å². The van der Waals surface area contributed by atoms with Gasteiger partial charge in [-0.2, -0.15) is 0 Å². The molecule has 0 amide bonds. The third-order valence-corrected chi connectivity index (χ3v) is 5.69. The summed E-state index contributed by atoms with van der Waals surface area (Å²) in [5.41, 5.74) is 2.19. The van der Waals surface area contributed by atoms with Gasteiger partial charge in [-0.05, 0) is 18.4 Å². The fourth-order valence-corrected chi connectivity index (χ4v) is 3.73. The molecule has 0 aliphatic carbocycles. The van der Waals surface area contributed by atoms with Gasteiger partial charge in [-0.1, -0.05) is 128 Å². The maximum absolute atomic E-state index is 12.2. The summed E-state index contributed by atoms with van der Waals surface area (Å²) in [4.78, 5) is 12.2. The molecule has 1 aromatic rings. The van der Waals surface area contributed by atoms with Gasteiger partial charge in [-0.25, -0.2) is 0 Å². The van der Waals surface area contributed by atoms with E-state index in [0.29, 0.717) is 12.2 Å². The van der Waals surface area contributed by atoms with Crippen LogP contribution in [0.3, 0.4) is 0 Å². The molecule has 154 valence electrons. The van der Waals surface area contributed by atoms with Crippen LogP contribution < -0.4 is 0 Å². The van der Waals surface area contributed by atoms with Gasteiger partial charge in [0, 0.05) is 12.0 Å². The van der Waals surface area contributed by atoms with E-state index in [2.05, 4.69) is 26.0 Å². The second-order valence-electron chi connectivity index (χ2n) is 8.17. The lowest BCUT2D eigenvalue weighted by atomic mass is 10.0. The average molecular weight is 373 g/mol. The van der Waals surface area contributed by atoms with Gasteiger partial charge in [-0.15, -0.1) is 0 Å². The van der Waals surface area contributed by atoms with E-state index in [-0.39, 0.29) is 0 Å². The normalized spacial score (nSPS) is 11.0. The van der Waals surface area contributed by atoms with Gasteiger partial charge in [0.15, 0.2) is 5.78 Å². The largest absolute Gasteiger partial charge is 0.294 e. The molecule has 0 spiro atoms. The standard InChI is InChI=1S/C26H44O/c1-3-5-6-7-8-9-10-11-12-13-14-15-16-17-18-19-26(27)25-22-20-24(4-2)21-23-25/h20-23H,3-19H2,1-2H3. The summed E-state index contributed by atoms with van der Waals surface area (Å²) < 4.78 is 0. The van der Waals surface area contributed by atoms with Crippen molar-refractivity contribution in [2.24, 2.45) is 0 Å². The van der Waals surface area contributed by atoms with E-state index in [0.717, 1.165) is 18.4 Å². The third-order valence-electron chi connectivity index (χ3n) is 5.69. The second-order valence-corrected chi connectivity index (χ2v) is 8.17. The Morgan fingerprint density at radius 2 is 1.00 bits per heavy atom. The first-order valence-corrected chi connectivity index (χ1v) is 11.9. The van der Waals surface area contributed by atoms with E-state index in [1.165, 1.54) is 95.5 Å². The highest BCUT2D eigenvalue weighted by atomic mass is 16.1. The van der Waals surface area contributed by atoms with Gasteiger partial charge in [0.1, 0.15) is 0 Å². The predicted molar refractivity (Wildman–Crippen MR) is 120 cm³/mol. The Kier molecular flexibility index (Phi) is 15.1. The molecule has 0 N–H and O–H groups in total. The zero-order valence-electron chi connectivity index (χ0n) is 18.2. The molecule has 0 aromatic heterocycles. The molecule has 27 heavy (non-hydrogen) atoms. The molecule has 0 heterocycles. The van der Waals surface area contributed by atoms with Gasteiger partial charge in [0.2, 0.25) is 0 Å². The molecule has 1 aromatic carbocycles. The van der Waals surface area contributed by atoms with Crippen LogP contribution in [0.2, 0.25) is 0 Å². The summed E-state index contributed by atoms with van der Waals surface area (Å²) in [5.74, 6) is 0.312. The topological polar surface area (TPSA) is 17.1 Å². The molecule has 1 rings (SSSR count). The molecule has 0 saturated heterocycles. The number of rotatable bonds is 18. The minimum atomic E-state index is 0.312. The fourth-order valence-electron chi connectivity index (χ4n) is 3.73. The number of hydrogen-bond acceptors (Lipinski definition) is 1. The molecule has 0 radical (unpaired) electrons. The van der Waals surface area contributed by atoms with Crippen molar-refractivity contribution in [2.45, 2.75) is 123 Å². The fraction of sp³-hybridized carbons (Fsp3) is 0.731. The van der Waals surface area contributed by atoms with E-state index in [4.69, 9.17) is 0 Å². The number of benzene rings is 1. The lowest BCUT2D eigenvalue weighted by Crippen LogP contribution is -1.99. The molecule has 1 nitrogen and oxygen atoms in total. The van der Waals surface area contributed by atoms with Crippen molar-refractivity contribution in [3.63, 3.8) is 0 Å². The molecular formula is C26H44O. The summed E-state index contributed by atoms with van der Waals surface area (Å²) in [5, 5.41) is 0. The van der Waals surface area contributed by atoms with Crippen molar-refractivity contribution < 1.29 is 4.79 Å². The van der Waals surface area contributed by atoms with Crippen molar-refractivity contribution in [2.75, 3.05) is 0 Å². The number of Topliss-reactive ketones (excluding diaryl/α,β-unsaturated/α-hetero) is 1. The first kappa shape index (κ1) is 23.9. The summed E-state index contributed by atoms with van der Waals surface area (Å²) in [7, 11) is 0. The first-order chi connectivity index (χ1) is 13.3. The monoisotopic (exact) mass is 372 g/mol. The van der Waals surface area contributed by atoms with Crippen molar-refractivity contribution in [1.82, 2.24) is 0 Å². The number of unbranched alkanes of at least 4 members (excludes halogenated alkanes) is 14. The van der Waals surface area contributed by atoms with Gasteiger partial charge >= 0.3 is 0 Å². The van der Waals surface area contributed by atoms with E-state index in [1.54, 1.807) is 0 Å². The molecule has 0 bridgehead atoms. The molecule has 0 saturated carbocycles. The van der Waals surface area contributed by atoms with Crippen molar-refractivity contribution in [3.05, 3.63) is 35.4 Å². The van der Waals surface area contributed by atoms with Crippen LogP contribution in [-0.2, 0) is 6.42 Å². The minimum absolute atomic E-state index is 0.312. The highest BCUT2D eigenvalue weighted by Gasteiger charge is 2.05. The highest BCUT2D eigenvalue weighted by molar-refractivity contribution is 5.96. The zero-order valence-corrected chi connectivity index (χ0v) is 18.2. The molecule has 0 unspecified atom stereocenters. The van der Waals surface area contributed by atoms with Crippen LogP contribution in [0, 0.1) is 0 Å². The lowest BCUT2D eigenvalue weighted by Gasteiger charge is -2.04. The average Bonchev–Trinajstić information content (AvgIpc) is 2.70. The zero-order chi connectivity index (χ0) is 19.6. The van der Waals surface area contributed by atoms with Gasteiger partial charge < -0.3 is 0 Å². The third kappa shape index (κ3) is 12.8. The first-order valence-electron chi connectivity index (χ1n) is 11.9. The van der Waals surface area contributed by atoms with E-state index < -0.39 is 0 Å². The number of ketones is 1. The maximum Gasteiger partial charge on any atom is 0.162 e. The van der Waals surface area contributed by atoms with E-state index in [9.17, 15) is 4.79 Å². The van der Waals surface area contributed by atoms with Crippen molar-refractivity contribution in [1.29, 1.82) is 0 Å². The van der Waals surface area contributed by atoms with Crippen LogP contribution in [-0.4, -0.2) is 5.78 Å². The van der Waals surface area contributed by atoms with Crippen LogP contribution in [0.5, 0.6) is 0 Å². The molecule has 0 aliphatic heterocycles. The van der Waals surface area contributed by atoms with Crippen LogP contribution >= 0.6 is 0 Å². The quantitative estimate of drug-likeness (QED) is 0.186. The number of aryl methyl sites for hydroxylation is 1. The molecule has 0 atom stereocenters. The number of hydrogen-bond donors (Lipinski definition) is 0. The summed E-state index contributed by atoms with van der Waals surface area (Å²) in [6, 6.07) is 8.15. The summed E-state index contributed by atoms with van der Waals surface area (Å²) in [6.07, 6.45) is 22.2. The Morgan fingerprint density at radius 1 is 0.593 bits per heavy atom. The Labute approximate surface area is 169 Å². The number of carbonyl (C=O) groups is 1. The van der Waals surface area contributed by atoms with E-state index in [1.807, 2.05) is 12.1 Å².